The Bertz CT molecular complexity index is 549. The highest BCUT2D eigenvalue weighted by molar-refractivity contribution is 7.98. The Morgan fingerprint density at radius 1 is 1.43 bits per heavy atom. The van der Waals surface area contributed by atoms with Crippen LogP contribution in [-0.4, -0.2) is 27.9 Å². The van der Waals surface area contributed by atoms with E-state index in [2.05, 4.69) is 28.5 Å². The summed E-state index contributed by atoms with van der Waals surface area (Å²) in [5, 5.41) is 3.12. The van der Waals surface area contributed by atoms with Gasteiger partial charge in [-0.05, 0) is 37.0 Å². The van der Waals surface area contributed by atoms with Gasteiger partial charge in [0.25, 0.3) is 0 Å². The number of imidazole rings is 1. The number of carbonyl (C=O) groups excluding carboxylic acids is 1. The van der Waals surface area contributed by atoms with E-state index in [0.717, 1.165) is 41.9 Å². The first-order valence-corrected chi connectivity index (χ1v) is 8.87. The lowest BCUT2D eigenvalue weighted by molar-refractivity contribution is -0.122. The van der Waals surface area contributed by atoms with E-state index >= 15 is 0 Å². The number of thioether (sulfide) groups is 1. The maximum Gasteiger partial charge on any atom is 0.220 e. The minimum Gasteiger partial charge on any atom is -0.346 e. The number of nitrogens with one attached hydrogen (secondary N) is 2. The minimum absolute atomic E-state index is 0.0331. The van der Waals surface area contributed by atoms with Gasteiger partial charge in [-0.2, -0.15) is 11.8 Å². The zero-order valence-corrected chi connectivity index (χ0v) is 13.5. The van der Waals surface area contributed by atoms with Crippen LogP contribution in [0.3, 0.4) is 0 Å². The molecule has 2 aromatic rings. The van der Waals surface area contributed by atoms with Crippen molar-refractivity contribution < 1.29 is 4.79 Å². The molecule has 0 aliphatic carbocycles. The molecule has 114 valence electrons. The maximum absolute atomic E-state index is 12.0. The van der Waals surface area contributed by atoms with Gasteiger partial charge in [0.2, 0.25) is 5.91 Å². The number of rotatable bonds is 8. The number of carbonyl (C=O) groups is 1. The van der Waals surface area contributed by atoms with Crippen molar-refractivity contribution in [1.82, 2.24) is 15.3 Å². The third-order valence-electron chi connectivity index (χ3n) is 3.44. The maximum atomic E-state index is 12.0. The van der Waals surface area contributed by atoms with Crippen LogP contribution in [0.2, 0.25) is 0 Å². The van der Waals surface area contributed by atoms with Crippen molar-refractivity contribution in [3.8, 4) is 0 Å². The molecule has 0 spiro atoms. The zero-order valence-electron chi connectivity index (χ0n) is 12.7. The summed E-state index contributed by atoms with van der Waals surface area (Å²) in [6.45, 7) is 2.09. The van der Waals surface area contributed by atoms with E-state index < -0.39 is 0 Å². The highest BCUT2D eigenvalue weighted by atomic mass is 32.2. The third-order valence-corrected chi connectivity index (χ3v) is 4.08. The highest BCUT2D eigenvalue weighted by Crippen LogP contribution is 2.20. The van der Waals surface area contributed by atoms with Gasteiger partial charge in [0.15, 0.2) is 0 Å². The molecule has 0 fully saturated rings. The molecule has 0 saturated heterocycles. The van der Waals surface area contributed by atoms with Crippen molar-refractivity contribution in [2.24, 2.45) is 0 Å². The number of hydrogen-bond acceptors (Lipinski definition) is 3. The Labute approximate surface area is 130 Å². The molecule has 1 heterocycles. The van der Waals surface area contributed by atoms with Gasteiger partial charge in [0, 0.05) is 6.42 Å². The molecule has 4 nitrogen and oxygen atoms in total. The smallest absolute Gasteiger partial charge is 0.220 e. The number of hydrogen-bond donors (Lipinski definition) is 2. The van der Waals surface area contributed by atoms with Crippen LogP contribution >= 0.6 is 11.8 Å². The fourth-order valence-electron chi connectivity index (χ4n) is 2.25. The average molecular weight is 305 g/mol. The van der Waals surface area contributed by atoms with Gasteiger partial charge in [-0.1, -0.05) is 25.5 Å². The van der Waals surface area contributed by atoms with E-state index in [-0.39, 0.29) is 11.9 Å². The number of para-hydroxylation sites is 2. The molecule has 1 unspecified atom stereocenters. The van der Waals surface area contributed by atoms with E-state index in [9.17, 15) is 4.79 Å². The van der Waals surface area contributed by atoms with Crippen molar-refractivity contribution in [2.45, 2.75) is 38.6 Å². The number of H-pyrrole nitrogens is 1. The second-order valence-electron chi connectivity index (χ2n) is 5.14. The fourth-order valence-corrected chi connectivity index (χ4v) is 2.73. The molecular weight excluding hydrogens is 282 g/mol. The Kier molecular flexibility index (Phi) is 6.11. The SMILES string of the molecule is CCCCC(=O)NC(CCSC)c1nc2ccccc2[nH]1. The van der Waals surface area contributed by atoms with Gasteiger partial charge in [0.05, 0.1) is 17.1 Å². The molecule has 0 aliphatic rings. The van der Waals surface area contributed by atoms with E-state index in [0.29, 0.717) is 6.42 Å². The lowest BCUT2D eigenvalue weighted by atomic mass is 10.2. The van der Waals surface area contributed by atoms with Crippen LogP contribution in [0.4, 0.5) is 0 Å². The predicted octanol–water partition coefficient (Wildman–Crippen LogP) is 3.66. The lowest BCUT2D eigenvalue weighted by Crippen LogP contribution is -2.29. The van der Waals surface area contributed by atoms with E-state index in [1.165, 1.54) is 0 Å². The normalized spacial score (nSPS) is 12.5. The Balaban J connectivity index is 2.12. The molecule has 0 saturated carbocycles. The van der Waals surface area contributed by atoms with Crippen molar-refractivity contribution in [3.05, 3.63) is 30.1 Å². The van der Waals surface area contributed by atoms with Gasteiger partial charge in [-0.25, -0.2) is 4.98 Å². The molecule has 2 rings (SSSR count). The van der Waals surface area contributed by atoms with Crippen LogP contribution in [0.1, 0.15) is 44.5 Å². The summed E-state index contributed by atoms with van der Waals surface area (Å²) in [6, 6.07) is 7.93. The van der Waals surface area contributed by atoms with Crippen molar-refractivity contribution >= 4 is 28.7 Å². The lowest BCUT2D eigenvalue weighted by Gasteiger charge is -2.16. The number of aromatic nitrogens is 2. The average Bonchev–Trinajstić information content (AvgIpc) is 2.93. The second kappa shape index (κ2) is 8.08. The first kappa shape index (κ1) is 15.9. The van der Waals surface area contributed by atoms with E-state index in [4.69, 9.17) is 0 Å². The van der Waals surface area contributed by atoms with Crippen LogP contribution in [0.25, 0.3) is 11.0 Å². The molecular formula is C16H23N3OS. The number of aromatic amines is 1. The van der Waals surface area contributed by atoms with Crippen molar-refractivity contribution in [3.63, 3.8) is 0 Å². The number of amides is 1. The molecule has 1 aromatic heterocycles. The van der Waals surface area contributed by atoms with Gasteiger partial charge in [-0.3, -0.25) is 4.79 Å². The summed E-state index contributed by atoms with van der Waals surface area (Å²) in [6.07, 6.45) is 5.52. The van der Waals surface area contributed by atoms with Gasteiger partial charge in [-0.15, -0.1) is 0 Å². The largest absolute Gasteiger partial charge is 0.346 e. The molecule has 0 aliphatic heterocycles. The molecule has 1 aromatic carbocycles. The number of nitrogens with zero attached hydrogens (tertiary/aromatic N) is 1. The summed E-state index contributed by atoms with van der Waals surface area (Å²) in [5.41, 5.74) is 1.97. The summed E-state index contributed by atoms with van der Waals surface area (Å²) in [4.78, 5) is 20.0. The molecule has 0 bridgehead atoms. The second-order valence-corrected chi connectivity index (χ2v) is 6.13. The summed E-state index contributed by atoms with van der Waals surface area (Å²) >= 11 is 1.78. The van der Waals surface area contributed by atoms with Crippen molar-refractivity contribution in [1.29, 1.82) is 0 Å². The molecule has 0 radical (unpaired) electrons. The summed E-state index contributed by atoms with van der Waals surface area (Å²) < 4.78 is 0. The van der Waals surface area contributed by atoms with Crippen LogP contribution in [0.5, 0.6) is 0 Å². The monoisotopic (exact) mass is 305 g/mol. The predicted molar refractivity (Wildman–Crippen MR) is 89.5 cm³/mol. The number of unbranched alkanes of at least 4 members (excludes halogenated alkanes) is 1. The Hall–Kier alpha value is -1.49. The first-order chi connectivity index (χ1) is 10.2. The number of fused-ring (bicyclic) bond motifs is 1. The molecule has 1 amide bonds. The standard InChI is InChI=1S/C16H23N3OS/c1-3-4-9-15(20)17-14(10-11-21-2)16-18-12-7-5-6-8-13(12)19-16/h5-8,14H,3-4,9-11H2,1-2H3,(H,17,20)(H,18,19). The van der Waals surface area contributed by atoms with Gasteiger partial charge < -0.3 is 10.3 Å². The van der Waals surface area contributed by atoms with Gasteiger partial charge >= 0.3 is 0 Å². The minimum atomic E-state index is -0.0331. The molecule has 5 heteroatoms. The third kappa shape index (κ3) is 4.49. The van der Waals surface area contributed by atoms with Crippen LogP contribution in [-0.2, 0) is 4.79 Å². The van der Waals surface area contributed by atoms with Crippen molar-refractivity contribution in [2.75, 3.05) is 12.0 Å². The summed E-state index contributed by atoms with van der Waals surface area (Å²) in [5.74, 6) is 1.97. The van der Waals surface area contributed by atoms with Gasteiger partial charge in [0.1, 0.15) is 5.82 Å². The molecule has 1 atom stereocenters. The van der Waals surface area contributed by atoms with E-state index in [1.54, 1.807) is 11.8 Å². The fraction of sp³-hybridized carbons (Fsp3) is 0.500. The zero-order chi connectivity index (χ0) is 15.1. The Morgan fingerprint density at radius 2 is 2.24 bits per heavy atom. The quantitative estimate of drug-likeness (QED) is 0.782. The highest BCUT2D eigenvalue weighted by Gasteiger charge is 2.17. The van der Waals surface area contributed by atoms with E-state index in [1.807, 2.05) is 24.3 Å². The summed E-state index contributed by atoms with van der Waals surface area (Å²) in [7, 11) is 0. The molecule has 21 heavy (non-hydrogen) atoms. The number of benzene rings is 1. The molecule has 2 N–H and O–H groups in total. The van der Waals surface area contributed by atoms with Crippen LogP contribution < -0.4 is 5.32 Å². The van der Waals surface area contributed by atoms with Crippen LogP contribution in [0.15, 0.2) is 24.3 Å². The topological polar surface area (TPSA) is 57.8 Å². The Morgan fingerprint density at radius 3 is 2.95 bits per heavy atom. The first-order valence-electron chi connectivity index (χ1n) is 7.47. The van der Waals surface area contributed by atoms with Crippen LogP contribution in [0, 0.1) is 0 Å².